The monoisotopic (exact) mass is 266 g/mol. The Kier molecular flexibility index (Phi) is 6.29. The van der Waals surface area contributed by atoms with Gasteiger partial charge in [-0.25, -0.2) is 9.78 Å². The number of likely N-dealkylation sites (N-methyl/N-ethyl adjacent to an activating group) is 1. The van der Waals surface area contributed by atoms with E-state index in [0.717, 1.165) is 12.4 Å². The van der Waals surface area contributed by atoms with Gasteiger partial charge in [-0.05, 0) is 32.9 Å². The lowest BCUT2D eigenvalue weighted by atomic mass is 10.2. The van der Waals surface area contributed by atoms with E-state index in [1.165, 1.54) is 0 Å². The molecule has 0 aromatic carbocycles. The SMILES string of the molecule is CCOC(=O)c1ccc(N(CC)C(C)COC)nc1. The maximum atomic E-state index is 11.5. The van der Waals surface area contributed by atoms with Crippen LogP contribution in [0.1, 0.15) is 31.1 Å². The zero-order chi connectivity index (χ0) is 14.3. The number of esters is 1. The molecular formula is C14H22N2O3. The average Bonchev–Trinajstić information content (AvgIpc) is 2.41. The summed E-state index contributed by atoms with van der Waals surface area (Å²) >= 11 is 0. The second-order valence-corrected chi connectivity index (χ2v) is 4.22. The van der Waals surface area contributed by atoms with E-state index < -0.39 is 0 Å². The average molecular weight is 266 g/mol. The fraction of sp³-hybridized carbons (Fsp3) is 0.571. The van der Waals surface area contributed by atoms with Crippen molar-refractivity contribution in [2.24, 2.45) is 0 Å². The van der Waals surface area contributed by atoms with Gasteiger partial charge in [0.25, 0.3) is 0 Å². The molecule has 106 valence electrons. The van der Waals surface area contributed by atoms with Crippen molar-refractivity contribution < 1.29 is 14.3 Å². The predicted octanol–water partition coefficient (Wildman–Crippen LogP) is 2.12. The predicted molar refractivity (Wildman–Crippen MR) is 74.6 cm³/mol. The molecule has 0 spiro atoms. The number of anilines is 1. The van der Waals surface area contributed by atoms with E-state index in [-0.39, 0.29) is 12.0 Å². The van der Waals surface area contributed by atoms with Crippen molar-refractivity contribution in [2.45, 2.75) is 26.8 Å². The second kappa shape index (κ2) is 7.74. The number of carbonyl (C=O) groups is 1. The third kappa shape index (κ3) is 4.21. The fourth-order valence-corrected chi connectivity index (χ4v) is 1.92. The summed E-state index contributed by atoms with van der Waals surface area (Å²) in [6, 6.07) is 3.81. The number of hydrogen-bond acceptors (Lipinski definition) is 5. The Balaban J connectivity index is 2.81. The van der Waals surface area contributed by atoms with Gasteiger partial charge in [0.1, 0.15) is 5.82 Å². The lowest BCUT2D eigenvalue weighted by Gasteiger charge is -2.28. The van der Waals surface area contributed by atoms with Crippen molar-refractivity contribution in [3.63, 3.8) is 0 Å². The first-order valence-electron chi connectivity index (χ1n) is 6.52. The molecule has 1 rings (SSSR count). The number of ether oxygens (including phenoxy) is 2. The van der Waals surface area contributed by atoms with Crippen LogP contribution in [0.5, 0.6) is 0 Å². The summed E-state index contributed by atoms with van der Waals surface area (Å²) in [4.78, 5) is 18.0. The first-order chi connectivity index (χ1) is 9.13. The summed E-state index contributed by atoms with van der Waals surface area (Å²) in [6.07, 6.45) is 1.55. The molecule has 19 heavy (non-hydrogen) atoms. The first-order valence-corrected chi connectivity index (χ1v) is 6.52. The summed E-state index contributed by atoms with van der Waals surface area (Å²) in [5.41, 5.74) is 0.473. The van der Waals surface area contributed by atoms with Crippen LogP contribution in [0.4, 0.5) is 5.82 Å². The van der Waals surface area contributed by atoms with Gasteiger partial charge in [-0.3, -0.25) is 0 Å². The Bertz CT molecular complexity index is 392. The number of nitrogens with zero attached hydrogens (tertiary/aromatic N) is 2. The third-order valence-corrected chi connectivity index (χ3v) is 2.83. The van der Waals surface area contributed by atoms with E-state index in [1.807, 2.05) is 6.07 Å². The van der Waals surface area contributed by atoms with E-state index in [2.05, 4.69) is 23.7 Å². The molecule has 1 aromatic heterocycles. The number of rotatable bonds is 7. The molecule has 0 bridgehead atoms. The van der Waals surface area contributed by atoms with Crippen molar-refractivity contribution in [3.8, 4) is 0 Å². The molecule has 5 nitrogen and oxygen atoms in total. The highest BCUT2D eigenvalue weighted by Crippen LogP contribution is 2.15. The van der Waals surface area contributed by atoms with Gasteiger partial charge in [0, 0.05) is 19.9 Å². The molecule has 5 heteroatoms. The zero-order valence-electron chi connectivity index (χ0n) is 12.0. The van der Waals surface area contributed by atoms with E-state index in [4.69, 9.17) is 9.47 Å². The lowest BCUT2D eigenvalue weighted by Crippen LogP contribution is -2.36. The molecule has 0 radical (unpaired) electrons. The minimum absolute atomic E-state index is 0.232. The van der Waals surface area contributed by atoms with Crippen LogP contribution >= 0.6 is 0 Å². The highest BCUT2D eigenvalue weighted by molar-refractivity contribution is 5.89. The Labute approximate surface area is 114 Å². The van der Waals surface area contributed by atoms with Crippen LogP contribution in [0.25, 0.3) is 0 Å². The number of hydrogen-bond donors (Lipinski definition) is 0. The molecule has 1 aromatic rings. The number of carbonyl (C=O) groups excluding carboxylic acids is 1. The third-order valence-electron chi connectivity index (χ3n) is 2.83. The summed E-state index contributed by atoms with van der Waals surface area (Å²) in [6.45, 7) is 7.75. The van der Waals surface area contributed by atoms with E-state index in [0.29, 0.717) is 18.8 Å². The summed E-state index contributed by atoms with van der Waals surface area (Å²) in [7, 11) is 1.68. The van der Waals surface area contributed by atoms with Gasteiger partial charge in [-0.2, -0.15) is 0 Å². The molecule has 0 N–H and O–H groups in total. The molecule has 0 saturated carbocycles. The number of pyridine rings is 1. The van der Waals surface area contributed by atoms with Crippen molar-refractivity contribution in [3.05, 3.63) is 23.9 Å². The molecule has 0 aliphatic carbocycles. The van der Waals surface area contributed by atoms with Crippen molar-refractivity contribution in [1.29, 1.82) is 0 Å². The number of aromatic nitrogens is 1. The molecule has 1 unspecified atom stereocenters. The van der Waals surface area contributed by atoms with Gasteiger partial charge in [0.2, 0.25) is 0 Å². The topological polar surface area (TPSA) is 51.7 Å². The first kappa shape index (κ1) is 15.4. The minimum atomic E-state index is -0.338. The van der Waals surface area contributed by atoms with Crippen LogP contribution in [0.2, 0.25) is 0 Å². The molecule has 0 saturated heterocycles. The van der Waals surface area contributed by atoms with Gasteiger partial charge in [0.05, 0.1) is 24.8 Å². The summed E-state index contributed by atoms with van der Waals surface area (Å²) in [5, 5.41) is 0. The van der Waals surface area contributed by atoms with Crippen molar-refractivity contribution >= 4 is 11.8 Å². The van der Waals surface area contributed by atoms with Gasteiger partial charge in [-0.15, -0.1) is 0 Å². The van der Waals surface area contributed by atoms with Gasteiger partial charge >= 0.3 is 5.97 Å². The molecule has 0 amide bonds. The second-order valence-electron chi connectivity index (χ2n) is 4.22. The van der Waals surface area contributed by atoms with Gasteiger partial charge < -0.3 is 14.4 Å². The van der Waals surface area contributed by atoms with E-state index >= 15 is 0 Å². The van der Waals surface area contributed by atoms with Gasteiger partial charge in [-0.1, -0.05) is 0 Å². The Hall–Kier alpha value is -1.62. The fourth-order valence-electron chi connectivity index (χ4n) is 1.92. The van der Waals surface area contributed by atoms with Crippen LogP contribution in [0.15, 0.2) is 18.3 Å². The number of methoxy groups -OCH3 is 1. The quantitative estimate of drug-likeness (QED) is 0.708. The standard InChI is InChI=1S/C14H22N2O3/c1-5-16(11(3)10-18-4)13-8-7-12(9-15-13)14(17)19-6-2/h7-9,11H,5-6,10H2,1-4H3. The van der Waals surface area contributed by atoms with Crippen LogP contribution in [0, 0.1) is 0 Å². The molecule has 0 aliphatic heterocycles. The summed E-state index contributed by atoms with van der Waals surface area (Å²) < 4.78 is 10.1. The normalized spacial score (nSPS) is 12.0. The maximum Gasteiger partial charge on any atom is 0.339 e. The largest absolute Gasteiger partial charge is 0.462 e. The van der Waals surface area contributed by atoms with Crippen molar-refractivity contribution in [2.75, 3.05) is 31.8 Å². The Morgan fingerprint density at radius 2 is 2.16 bits per heavy atom. The molecule has 1 heterocycles. The molecule has 0 aliphatic rings. The van der Waals surface area contributed by atoms with E-state index in [1.54, 1.807) is 26.3 Å². The maximum absolute atomic E-state index is 11.5. The summed E-state index contributed by atoms with van der Waals surface area (Å²) in [5.74, 6) is 0.495. The highest BCUT2D eigenvalue weighted by atomic mass is 16.5. The van der Waals surface area contributed by atoms with Crippen LogP contribution < -0.4 is 4.90 Å². The molecule has 0 fully saturated rings. The molecule has 1 atom stereocenters. The Morgan fingerprint density at radius 3 is 2.63 bits per heavy atom. The van der Waals surface area contributed by atoms with Crippen LogP contribution in [-0.2, 0) is 9.47 Å². The van der Waals surface area contributed by atoms with Crippen LogP contribution in [0.3, 0.4) is 0 Å². The minimum Gasteiger partial charge on any atom is -0.462 e. The van der Waals surface area contributed by atoms with Crippen LogP contribution in [-0.4, -0.2) is 43.9 Å². The molecular weight excluding hydrogens is 244 g/mol. The van der Waals surface area contributed by atoms with E-state index in [9.17, 15) is 4.79 Å². The smallest absolute Gasteiger partial charge is 0.339 e. The zero-order valence-corrected chi connectivity index (χ0v) is 12.0. The highest BCUT2D eigenvalue weighted by Gasteiger charge is 2.14. The van der Waals surface area contributed by atoms with Crippen molar-refractivity contribution in [1.82, 2.24) is 4.98 Å². The lowest BCUT2D eigenvalue weighted by molar-refractivity contribution is 0.0526. The Morgan fingerprint density at radius 1 is 1.42 bits per heavy atom. The van der Waals surface area contributed by atoms with Gasteiger partial charge in [0.15, 0.2) is 0 Å².